The Hall–Kier alpha value is -1.55. The molecule has 1 saturated heterocycles. The summed E-state index contributed by atoms with van der Waals surface area (Å²) in [6.45, 7) is 8.22. The van der Waals surface area contributed by atoms with Crippen LogP contribution in [0.4, 0.5) is 0 Å². The molecule has 1 N–H and O–H groups in total. The average molecular weight is 299 g/mol. The minimum Gasteiger partial charge on any atom is -0.306 e. The molecule has 0 amide bonds. The van der Waals surface area contributed by atoms with Gasteiger partial charge in [0, 0.05) is 25.7 Å². The fourth-order valence-corrected chi connectivity index (χ4v) is 4.19. The molecule has 4 nitrogen and oxygen atoms in total. The van der Waals surface area contributed by atoms with Gasteiger partial charge in [0.05, 0.1) is 11.0 Å². The minimum atomic E-state index is 0.0455. The number of para-hydroxylation sites is 2. The molecular weight excluding hydrogens is 274 g/mol. The van der Waals surface area contributed by atoms with Crippen LogP contribution in [0.5, 0.6) is 0 Å². The Morgan fingerprint density at radius 2 is 1.82 bits per heavy atom. The Morgan fingerprint density at radius 1 is 1.14 bits per heavy atom. The van der Waals surface area contributed by atoms with Gasteiger partial charge in [0.15, 0.2) is 0 Å². The van der Waals surface area contributed by atoms with Gasteiger partial charge in [-0.05, 0) is 42.7 Å². The van der Waals surface area contributed by atoms with Crippen molar-refractivity contribution < 1.29 is 0 Å². The van der Waals surface area contributed by atoms with Gasteiger partial charge < -0.3 is 9.88 Å². The number of likely N-dealkylation sites (tertiary alicyclic amines) is 1. The number of fused-ring (bicyclic) bond motifs is 1. The van der Waals surface area contributed by atoms with E-state index < -0.39 is 0 Å². The largest absolute Gasteiger partial charge is 0.326 e. The summed E-state index contributed by atoms with van der Waals surface area (Å²) in [5, 5.41) is 0. The Morgan fingerprint density at radius 3 is 2.50 bits per heavy atom. The number of aromatic amines is 1. The van der Waals surface area contributed by atoms with Crippen molar-refractivity contribution in [2.24, 2.45) is 17.8 Å². The number of aromatic nitrogens is 2. The molecule has 4 heteroatoms. The number of imidazole rings is 1. The van der Waals surface area contributed by atoms with E-state index >= 15 is 0 Å². The number of hydrogen-bond acceptors (Lipinski definition) is 2. The van der Waals surface area contributed by atoms with Gasteiger partial charge in [0.1, 0.15) is 0 Å². The number of H-pyrrole nitrogens is 1. The number of benzene rings is 1. The predicted molar refractivity (Wildman–Crippen MR) is 89.1 cm³/mol. The summed E-state index contributed by atoms with van der Waals surface area (Å²) in [5.74, 6) is 2.69. The Kier molecular flexibility index (Phi) is 3.37. The van der Waals surface area contributed by atoms with E-state index in [1.807, 2.05) is 28.8 Å². The molecule has 22 heavy (non-hydrogen) atoms. The van der Waals surface area contributed by atoms with Gasteiger partial charge in [-0.1, -0.05) is 26.0 Å². The molecule has 2 atom stereocenters. The Balaban J connectivity index is 1.47. The van der Waals surface area contributed by atoms with Crippen LogP contribution in [0.15, 0.2) is 29.1 Å². The van der Waals surface area contributed by atoms with Crippen LogP contribution in [0.1, 0.15) is 32.7 Å². The molecular formula is C18H25N3O. The molecule has 0 spiro atoms. The predicted octanol–water partition coefficient (Wildman–Crippen LogP) is 2.87. The van der Waals surface area contributed by atoms with Gasteiger partial charge in [-0.3, -0.25) is 4.57 Å². The van der Waals surface area contributed by atoms with Crippen molar-refractivity contribution in [1.29, 1.82) is 0 Å². The lowest BCUT2D eigenvalue weighted by Gasteiger charge is -2.32. The van der Waals surface area contributed by atoms with Crippen molar-refractivity contribution in [2.75, 3.05) is 19.6 Å². The molecule has 1 aliphatic carbocycles. The van der Waals surface area contributed by atoms with Crippen LogP contribution < -0.4 is 5.69 Å². The van der Waals surface area contributed by atoms with E-state index in [2.05, 4.69) is 23.7 Å². The van der Waals surface area contributed by atoms with Crippen LogP contribution in [0.3, 0.4) is 0 Å². The highest BCUT2D eigenvalue weighted by Gasteiger charge is 2.43. The van der Waals surface area contributed by atoms with Crippen molar-refractivity contribution >= 4 is 11.0 Å². The highest BCUT2D eigenvalue weighted by atomic mass is 16.1. The van der Waals surface area contributed by atoms with E-state index in [1.54, 1.807) is 0 Å². The Labute approximate surface area is 131 Å². The first kappa shape index (κ1) is 14.1. The van der Waals surface area contributed by atoms with Crippen LogP contribution in [0.25, 0.3) is 11.0 Å². The number of hydrogen-bond donors (Lipinski definition) is 1. The second kappa shape index (κ2) is 5.27. The zero-order chi connectivity index (χ0) is 15.3. The molecule has 2 aromatic rings. The first-order valence-corrected chi connectivity index (χ1v) is 8.57. The molecule has 118 valence electrons. The summed E-state index contributed by atoms with van der Waals surface area (Å²) in [6.07, 6.45) is 2.16. The lowest BCUT2D eigenvalue weighted by molar-refractivity contribution is 0.177. The molecule has 0 bridgehead atoms. The minimum absolute atomic E-state index is 0.0455. The first-order valence-electron chi connectivity index (χ1n) is 8.57. The molecule has 1 saturated carbocycles. The first-order chi connectivity index (χ1) is 10.6. The van der Waals surface area contributed by atoms with Crippen LogP contribution in [-0.4, -0.2) is 34.1 Å². The van der Waals surface area contributed by atoms with Crippen molar-refractivity contribution in [2.45, 2.75) is 32.7 Å². The molecule has 1 aliphatic heterocycles. The monoisotopic (exact) mass is 299 g/mol. The van der Waals surface area contributed by atoms with Gasteiger partial charge in [-0.2, -0.15) is 0 Å². The molecule has 1 aromatic carbocycles. The van der Waals surface area contributed by atoms with E-state index in [-0.39, 0.29) is 5.69 Å². The number of nitrogens with zero attached hydrogens (tertiary/aromatic N) is 2. The Bertz CT molecular complexity index is 715. The normalized spacial score (nSPS) is 30.0. The SMILES string of the molecule is CC1C(C)C1CN1CCC(n2c(=O)[nH]c3ccccc32)CC1. The summed E-state index contributed by atoms with van der Waals surface area (Å²) < 4.78 is 1.98. The second-order valence-electron chi connectivity index (χ2n) is 7.23. The maximum absolute atomic E-state index is 12.3. The van der Waals surface area contributed by atoms with Gasteiger partial charge in [0.25, 0.3) is 0 Å². The molecule has 2 fully saturated rings. The zero-order valence-electron chi connectivity index (χ0n) is 13.5. The summed E-state index contributed by atoms with van der Waals surface area (Å²) in [6, 6.07) is 8.36. The second-order valence-corrected chi connectivity index (χ2v) is 7.23. The van der Waals surface area contributed by atoms with Crippen molar-refractivity contribution in [3.05, 3.63) is 34.7 Å². The maximum atomic E-state index is 12.3. The smallest absolute Gasteiger partial charge is 0.306 e. The highest BCUT2D eigenvalue weighted by molar-refractivity contribution is 5.75. The lowest BCUT2D eigenvalue weighted by atomic mass is 10.0. The molecule has 2 unspecified atom stereocenters. The lowest BCUT2D eigenvalue weighted by Crippen LogP contribution is -2.38. The number of piperidine rings is 1. The van der Waals surface area contributed by atoms with E-state index in [1.165, 1.54) is 6.54 Å². The van der Waals surface area contributed by atoms with E-state index in [0.29, 0.717) is 6.04 Å². The van der Waals surface area contributed by atoms with Crippen LogP contribution in [0, 0.1) is 17.8 Å². The van der Waals surface area contributed by atoms with E-state index in [0.717, 1.165) is 54.7 Å². The highest BCUT2D eigenvalue weighted by Crippen LogP contribution is 2.46. The van der Waals surface area contributed by atoms with Gasteiger partial charge in [-0.15, -0.1) is 0 Å². The number of nitrogens with one attached hydrogen (secondary N) is 1. The van der Waals surface area contributed by atoms with Gasteiger partial charge >= 0.3 is 5.69 Å². The quantitative estimate of drug-likeness (QED) is 0.947. The average Bonchev–Trinajstić information content (AvgIpc) is 2.95. The standard InChI is InChI=1S/C18H25N3O/c1-12-13(2)15(12)11-20-9-7-14(8-10-20)21-17-6-4-3-5-16(17)19-18(21)22/h3-6,12-15H,7-11H2,1-2H3,(H,19,22). The zero-order valence-corrected chi connectivity index (χ0v) is 13.5. The van der Waals surface area contributed by atoms with Gasteiger partial charge in [-0.25, -0.2) is 4.79 Å². The summed E-state index contributed by atoms with van der Waals surface area (Å²) in [4.78, 5) is 17.9. The molecule has 1 aromatic heterocycles. The summed E-state index contributed by atoms with van der Waals surface area (Å²) in [5.41, 5.74) is 2.05. The topological polar surface area (TPSA) is 41.0 Å². The summed E-state index contributed by atoms with van der Waals surface area (Å²) >= 11 is 0. The van der Waals surface area contributed by atoms with Crippen molar-refractivity contribution in [3.63, 3.8) is 0 Å². The summed E-state index contributed by atoms with van der Waals surface area (Å²) in [7, 11) is 0. The fraction of sp³-hybridized carbons (Fsp3) is 0.611. The van der Waals surface area contributed by atoms with Crippen LogP contribution in [-0.2, 0) is 0 Å². The van der Waals surface area contributed by atoms with E-state index in [9.17, 15) is 4.79 Å². The molecule has 2 heterocycles. The molecule has 0 radical (unpaired) electrons. The van der Waals surface area contributed by atoms with Crippen molar-refractivity contribution in [1.82, 2.24) is 14.5 Å². The third-order valence-corrected chi connectivity index (χ3v) is 6.05. The van der Waals surface area contributed by atoms with Crippen molar-refractivity contribution in [3.8, 4) is 0 Å². The number of rotatable bonds is 3. The molecule has 2 aliphatic rings. The molecule has 4 rings (SSSR count). The van der Waals surface area contributed by atoms with E-state index in [4.69, 9.17) is 0 Å². The third-order valence-electron chi connectivity index (χ3n) is 6.05. The van der Waals surface area contributed by atoms with Crippen LogP contribution in [0.2, 0.25) is 0 Å². The van der Waals surface area contributed by atoms with Crippen LogP contribution >= 0.6 is 0 Å². The fourth-order valence-electron chi connectivity index (χ4n) is 4.19. The third kappa shape index (κ3) is 2.30. The maximum Gasteiger partial charge on any atom is 0.326 e. The van der Waals surface area contributed by atoms with Gasteiger partial charge in [0.2, 0.25) is 0 Å².